The monoisotopic (exact) mass is 190 g/mol. The molecule has 14 heavy (non-hydrogen) atoms. The molecule has 0 aliphatic heterocycles. The van der Waals surface area contributed by atoms with Crippen LogP contribution < -0.4 is 5.69 Å². The summed E-state index contributed by atoms with van der Waals surface area (Å²) in [6.07, 6.45) is 0.973. The predicted molar refractivity (Wildman–Crippen MR) is 57.6 cm³/mol. The second-order valence-corrected chi connectivity index (χ2v) is 3.55. The Balaban J connectivity index is 2.77. The number of rotatable bonds is 2. The maximum absolute atomic E-state index is 11.6. The first-order valence-electron chi connectivity index (χ1n) is 4.92. The molecule has 1 aromatic carbocycles. The van der Waals surface area contributed by atoms with Crippen molar-refractivity contribution in [3.8, 4) is 0 Å². The number of hydrogen-bond acceptors (Lipinski definition) is 1. The van der Waals surface area contributed by atoms with Gasteiger partial charge in [-0.25, -0.2) is 4.79 Å². The van der Waals surface area contributed by atoms with E-state index in [9.17, 15) is 4.79 Å². The van der Waals surface area contributed by atoms with Gasteiger partial charge in [-0.1, -0.05) is 19.1 Å². The summed E-state index contributed by atoms with van der Waals surface area (Å²) in [4.78, 5) is 14.5. The molecule has 2 rings (SSSR count). The lowest BCUT2D eigenvalue weighted by Gasteiger charge is -2.00. The minimum Gasteiger partial charge on any atom is -0.305 e. The molecule has 3 heteroatoms. The number of H-pyrrole nitrogens is 1. The van der Waals surface area contributed by atoms with Crippen LogP contribution in [-0.4, -0.2) is 9.55 Å². The van der Waals surface area contributed by atoms with Gasteiger partial charge in [-0.15, -0.1) is 0 Å². The highest BCUT2D eigenvalue weighted by Crippen LogP contribution is 2.14. The summed E-state index contributed by atoms with van der Waals surface area (Å²) in [5, 5.41) is 0. The normalized spacial score (nSPS) is 11.0. The third kappa shape index (κ3) is 1.25. The highest BCUT2D eigenvalue weighted by molar-refractivity contribution is 5.78. The fraction of sp³-hybridized carbons (Fsp3) is 0.364. The first-order chi connectivity index (χ1) is 6.74. The Morgan fingerprint density at radius 3 is 2.93 bits per heavy atom. The predicted octanol–water partition coefficient (Wildman–Crippen LogP) is 2.05. The summed E-state index contributed by atoms with van der Waals surface area (Å²) < 4.78 is 1.79. The van der Waals surface area contributed by atoms with Crippen LogP contribution >= 0.6 is 0 Å². The third-order valence-electron chi connectivity index (χ3n) is 2.47. The van der Waals surface area contributed by atoms with E-state index in [4.69, 9.17) is 0 Å². The van der Waals surface area contributed by atoms with Crippen LogP contribution in [0.15, 0.2) is 23.0 Å². The summed E-state index contributed by atoms with van der Waals surface area (Å²) in [6.45, 7) is 4.86. The first kappa shape index (κ1) is 9.06. The first-order valence-corrected chi connectivity index (χ1v) is 4.92. The zero-order chi connectivity index (χ0) is 10.1. The molecule has 0 aliphatic carbocycles. The zero-order valence-electron chi connectivity index (χ0n) is 8.50. The van der Waals surface area contributed by atoms with Crippen molar-refractivity contribution in [2.24, 2.45) is 0 Å². The smallest absolute Gasteiger partial charge is 0.305 e. The van der Waals surface area contributed by atoms with E-state index in [-0.39, 0.29) is 5.69 Å². The van der Waals surface area contributed by atoms with Gasteiger partial charge in [-0.05, 0) is 25.0 Å². The lowest BCUT2D eigenvalue weighted by Crippen LogP contribution is -2.16. The van der Waals surface area contributed by atoms with Crippen LogP contribution in [0.2, 0.25) is 0 Å². The van der Waals surface area contributed by atoms with E-state index in [1.807, 2.05) is 25.1 Å². The van der Waals surface area contributed by atoms with Crippen LogP contribution in [0.1, 0.15) is 18.9 Å². The van der Waals surface area contributed by atoms with Gasteiger partial charge < -0.3 is 4.98 Å². The third-order valence-corrected chi connectivity index (χ3v) is 2.47. The van der Waals surface area contributed by atoms with Crippen LogP contribution in [0, 0.1) is 6.92 Å². The Bertz CT molecular complexity index is 507. The van der Waals surface area contributed by atoms with Crippen molar-refractivity contribution in [1.29, 1.82) is 0 Å². The lowest BCUT2D eigenvalue weighted by molar-refractivity contribution is 0.674. The molecule has 0 amide bonds. The molecule has 2 aromatic rings. The fourth-order valence-corrected chi connectivity index (χ4v) is 1.77. The number of aromatic amines is 1. The average molecular weight is 190 g/mol. The molecule has 0 aliphatic rings. The summed E-state index contributed by atoms with van der Waals surface area (Å²) >= 11 is 0. The van der Waals surface area contributed by atoms with Crippen molar-refractivity contribution in [2.45, 2.75) is 26.8 Å². The van der Waals surface area contributed by atoms with Crippen molar-refractivity contribution in [3.05, 3.63) is 34.2 Å². The average Bonchev–Trinajstić information content (AvgIpc) is 2.47. The lowest BCUT2D eigenvalue weighted by atomic mass is 10.2. The number of para-hydroxylation sites is 1. The van der Waals surface area contributed by atoms with Crippen molar-refractivity contribution < 1.29 is 0 Å². The molecule has 0 atom stereocenters. The molecule has 0 saturated carbocycles. The Kier molecular flexibility index (Phi) is 2.15. The van der Waals surface area contributed by atoms with Gasteiger partial charge in [-0.2, -0.15) is 0 Å². The minimum atomic E-state index is -0.00356. The Morgan fingerprint density at radius 1 is 1.43 bits per heavy atom. The molecular weight excluding hydrogens is 176 g/mol. The van der Waals surface area contributed by atoms with Gasteiger partial charge >= 0.3 is 5.69 Å². The van der Waals surface area contributed by atoms with Crippen LogP contribution in [0.25, 0.3) is 11.0 Å². The van der Waals surface area contributed by atoms with Gasteiger partial charge in [0.15, 0.2) is 0 Å². The molecule has 0 saturated heterocycles. The van der Waals surface area contributed by atoms with E-state index < -0.39 is 0 Å². The van der Waals surface area contributed by atoms with Gasteiger partial charge in [0.25, 0.3) is 0 Å². The summed E-state index contributed by atoms with van der Waals surface area (Å²) in [5.74, 6) is 0. The number of fused-ring (bicyclic) bond motifs is 1. The molecule has 0 spiro atoms. The van der Waals surface area contributed by atoms with Crippen molar-refractivity contribution in [2.75, 3.05) is 0 Å². The molecule has 3 nitrogen and oxygen atoms in total. The summed E-state index contributed by atoms with van der Waals surface area (Å²) in [6, 6.07) is 5.97. The zero-order valence-corrected chi connectivity index (χ0v) is 8.50. The van der Waals surface area contributed by atoms with E-state index in [1.54, 1.807) is 4.57 Å². The van der Waals surface area contributed by atoms with E-state index in [0.29, 0.717) is 0 Å². The highest BCUT2D eigenvalue weighted by atomic mass is 16.1. The van der Waals surface area contributed by atoms with E-state index >= 15 is 0 Å². The minimum absolute atomic E-state index is 0.00356. The van der Waals surface area contributed by atoms with Gasteiger partial charge in [0.2, 0.25) is 0 Å². The SMILES string of the molecule is CCCn1c(=O)[nH]c2c(C)cccc21. The topological polar surface area (TPSA) is 37.8 Å². The molecule has 1 N–H and O–H groups in total. The largest absolute Gasteiger partial charge is 0.326 e. The highest BCUT2D eigenvalue weighted by Gasteiger charge is 2.06. The van der Waals surface area contributed by atoms with Gasteiger partial charge in [0.1, 0.15) is 0 Å². The fourth-order valence-electron chi connectivity index (χ4n) is 1.77. The van der Waals surface area contributed by atoms with Gasteiger partial charge in [0.05, 0.1) is 11.0 Å². The van der Waals surface area contributed by atoms with E-state index in [0.717, 1.165) is 29.6 Å². The molecule has 1 aromatic heterocycles. The molecule has 0 unspecified atom stereocenters. The number of aromatic nitrogens is 2. The number of imidazole rings is 1. The van der Waals surface area contributed by atoms with E-state index in [1.165, 1.54) is 0 Å². The maximum Gasteiger partial charge on any atom is 0.326 e. The van der Waals surface area contributed by atoms with Crippen molar-refractivity contribution in [1.82, 2.24) is 9.55 Å². The van der Waals surface area contributed by atoms with Gasteiger partial charge in [-0.3, -0.25) is 4.57 Å². The molecular formula is C11H14N2O. The molecule has 0 radical (unpaired) electrons. The van der Waals surface area contributed by atoms with Crippen molar-refractivity contribution in [3.63, 3.8) is 0 Å². The Hall–Kier alpha value is -1.51. The summed E-state index contributed by atoms with van der Waals surface area (Å²) in [7, 11) is 0. The van der Waals surface area contributed by atoms with Crippen molar-refractivity contribution >= 4 is 11.0 Å². The number of aryl methyl sites for hydroxylation is 2. The molecule has 74 valence electrons. The Morgan fingerprint density at radius 2 is 2.21 bits per heavy atom. The molecule has 0 bridgehead atoms. The van der Waals surface area contributed by atoms with E-state index in [2.05, 4.69) is 11.9 Å². The quantitative estimate of drug-likeness (QED) is 0.773. The molecule has 0 fully saturated rings. The second kappa shape index (κ2) is 3.33. The van der Waals surface area contributed by atoms with Gasteiger partial charge in [0, 0.05) is 6.54 Å². The number of hydrogen-bond donors (Lipinski definition) is 1. The number of benzene rings is 1. The number of nitrogens with one attached hydrogen (secondary N) is 1. The second-order valence-electron chi connectivity index (χ2n) is 3.55. The number of nitrogens with zero attached hydrogens (tertiary/aromatic N) is 1. The summed E-state index contributed by atoms with van der Waals surface area (Å²) in [5.41, 5.74) is 3.09. The Labute approximate surface area is 82.4 Å². The molecule has 1 heterocycles. The van der Waals surface area contributed by atoms with Crippen LogP contribution in [-0.2, 0) is 6.54 Å². The standard InChI is InChI=1S/C11H14N2O/c1-3-7-13-9-6-4-5-8(2)10(9)12-11(13)14/h4-6H,3,7H2,1-2H3,(H,12,14). The van der Waals surface area contributed by atoms with Crippen LogP contribution in [0.4, 0.5) is 0 Å². The van der Waals surface area contributed by atoms with Crippen LogP contribution in [0.3, 0.4) is 0 Å². The maximum atomic E-state index is 11.6. The van der Waals surface area contributed by atoms with Crippen LogP contribution in [0.5, 0.6) is 0 Å².